The van der Waals surface area contributed by atoms with Gasteiger partial charge in [-0.2, -0.15) is 0 Å². The van der Waals surface area contributed by atoms with E-state index in [1.54, 1.807) is 0 Å². The Balaban J connectivity index is 2.15. The van der Waals surface area contributed by atoms with Gasteiger partial charge in [-0.3, -0.25) is 0 Å². The maximum atomic E-state index is 11.7. The van der Waals surface area contributed by atoms with Crippen LogP contribution in [0.4, 0.5) is 8.78 Å². The van der Waals surface area contributed by atoms with E-state index in [9.17, 15) is 13.9 Å². The highest BCUT2D eigenvalue weighted by Crippen LogP contribution is 2.17. The fourth-order valence-electron chi connectivity index (χ4n) is 1.39. The zero-order valence-electron chi connectivity index (χ0n) is 9.78. The summed E-state index contributed by atoms with van der Waals surface area (Å²) in [5.41, 5.74) is 0.797. The van der Waals surface area contributed by atoms with E-state index in [-0.39, 0.29) is 6.61 Å². The van der Waals surface area contributed by atoms with Gasteiger partial charge in [0.05, 0.1) is 12.7 Å². The summed E-state index contributed by atoms with van der Waals surface area (Å²) >= 11 is 3.32. The minimum Gasteiger partial charge on any atom is -0.387 e. The summed E-state index contributed by atoms with van der Waals surface area (Å²) < 4.78 is 29.1. The van der Waals surface area contributed by atoms with Crippen LogP contribution in [0.2, 0.25) is 0 Å². The molecule has 3 nitrogen and oxygen atoms in total. The van der Waals surface area contributed by atoms with Crippen molar-refractivity contribution in [1.82, 2.24) is 5.32 Å². The highest BCUT2D eigenvalue weighted by atomic mass is 79.9. The first-order chi connectivity index (χ1) is 8.59. The van der Waals surface area contributed by atoms with Crippen LogP contribution >= 0.6 is 15.9 Å². The van der Waals surface area contributed by atoms with Crippen LogP contribution in [0, 0.1) is 0 Å². The molecule has 0 radical (unpaired) electrons. The molecule has 0 aliphatic rings. The molecule has 6 heteroatoms. The molecular weight excluding hydrogens is 308 g/mol. The van der Waals surface area contributed by atoms with Gasteiger partial charge in [0.2, 0.25) is 0 Å². The molecular formula is C12H16BrF2NO2. The molecule has 0 saturated carbocycles. The first-order valence-electron chi connectivity index (χ1n) is 5.59. The Labute approximate surface area is 113 Å². The van der Waals surface area contributed by atoms with Crippen LogP contribution < -0.4 is 5.32 Å². The van der Waals surface area contributed by atoms with Gasteiger partial charge in [0, 0.05) is 17.6 Å². The van der Waals surface area contributed by atoms with Gasteiger partial charge in [0.1, 0.15) is 6.61 Å². The zero-order valence-corrected chi connectivity index (χ0v) is 11.4. The lowest BCUT2D eigenvalue weighted by Crippen LogP contribution is -2.26. The van der Waals surface area contributed by atoms with Crippen molar-refractivity contribution in [3.8, 4) is 0 Å². The lowest BCUT2D eigenvalue weighted by atomic mass is 10.1. The van der Waals surface area contributed by atoms with Crippen LogP contribution in [0.1, 0.15) is 11.7 Å². The number of halogens is 3. The Hall–Kier alpha value is -0.560. The SMILES string of the molecule is OC(CNCCOCC(F)F)c1cccc(Br)c1. The molecule has 0 heterocycles. The smallest absolute Gasteiger partial charge is 0.261 e. The van der Waals surface area contributed by atoms with Gasteiger partial charge in [-0.25, -0.2) is 8.78 Å². The minimum absolute atomic E-state index is 0.204. The van der Waals surface area contributed by atoms with Crippen LogP contribution in [-0.2, 0) is 4.74 Å². The van der Waals surface area contributed by atoms with Crippen molar-refractivity contribution < 1.29 is 18.6 Å². The third-order valence-corrected chi connectivity index (χ3v) is 2.73. The molecule has 0 bridgehead atoms. The third-order valence-electron chi connectivity index (χ3n) is 2.24. The number of hydrogen-bond donors (Lipinski definition) is 2. The lowest BCUT2D eigenvalue weighted by molar-refractivity contribution is 0.0181. The highest BCUT2D eigenvalue weighted by molar-refractivity contribution is 9.10. The topological polar surface area (TPSA) is 41.5 Å². The summed E-state index contributed by atoms with van der Waals surface area (Å²) in [6.07, 6.45) is -3.06. The predicted octanol–water partition coefficient (Wildman–Crippen LogP) is 2.35. The van der Waals surface area contributed by atoms with E-state index in [0.29, 0.717) is 13.1 Å². The van der Waals surface area contributed by atoms with Gasteiger partial charge in [-0.1, -0.05) is 28.1 Å². The minimum atomic E-state index is -2.43. The normalized spacial score (nSPS) is 12.9. The zero-order chi connectivity index (χ0) is 13.4. The van der Waals surface area contributed by atoms with Crippen molar-refractivity contribution in [2.45, 2.75) is 12.5 Å². The first kappa shape index (κ1) is 15.5. The summed E-state index contributed by atoms with van der Waals surface area (Å²) in [7, 11) is 0. The van der Waals surface area contributed by atoms with E-state index >= 15 is 0 Å². The van der Waals surface area contributed by atoms with Crippen molar-refractivity contribution >= 4 is 15.9 Å². The quantitative estimate of drug-likeness (QED) is 0.722. The van der Waals surface area contributed by atoms with Crippen molar-refractivity contribution in [3.05, 3.63) is 34.3 Å². The maximum absolute atomic E-state index is 11.7. The molecule has 1 aromatic rings. The van der Waals surface area contributed by atoms with Gasteiger partial charge < -0.3 is 15.2 Å². The average Bonchev–Trinajstić information content (AvgIpc) is 2.33. The standard InChI is InChI=1S/C12H16BrF2NO2/c13-10-3-1-2-9(6-10)11(17)7-16-4-5-18-8-12(14)15/h1-3,6,11-12,16-17H,4-5,7-8H2. The monoisotopic (exact) mass is 323 g/mol. The van der Waals surface area contributed by atoms with E-state index in [1.807, 2.05) is 24.3 Å². The molecule has 18 heavy (non-hydrogen) atoms. The third kappa shape index (κ3) is 6.39. The number of ether oxygens (including phenoxy) is 1. The molecule has 1 rings (SSSR count). The Morgan fingerprint density at radius 2 is 2.17 bits per heavy atom. The molecule has 0 amide bonds. The molecule has 1 unspecified atom stereocenters. The molecule has 0 aliphatic heterocycles. The second-order valence-electron chi connectivity index (χ2n) is 3.74. The summed E-state index contributed by atoms with van der Waals surface area (Å²) in [4.78, 5) is 0. The number of benzene rings is 1. The molecule has 0 aromatic heterocycles. The number of hydrogen-bond acceptors (Lipinski definition) is 3. The van der Waals surface area contributed by atoms with Gasteiger partial charge in [0.25, 0.3) is 6.43 Å². The fourth-order valence-corrected chi connectivity index (χ4v) is 1.80. The number of nitrogens with one attached hydrogen (secondary N) is 1. The van der Waals surface area contributed by atoms with Crippen LogP contribution in [0.25, 0.3) is 0 Å². The van der Waals surface area contributed by atoms with E-state index in [2.05, 4.69) is 21.2 Å². The summed E-state index contributed by atoms with van der Waals surface area (Å²) in [6.45, 7) is 0.442. The van der Waals surface area contributed by atoms with E-state index < -0.39 is 19.1 Å². The van der Waals surface area contributed by atoms with Gasteiger partial charge in [-0.15, -0.1) is 0 Å². The second-order valence-corrected chi connectivity index (χ2v) is 4.66. The number of aliphatic hydroxyl groups is 1. The Morgan fingerprint density at radius 3 is 2.83 bits per heavy atom. The average molecular weight is 324 g/mol. The van der Waals surface area contributed by atoms with Gasteiger partial charge in [-0.05, 0) is 17.7 Å². The van der Waals surface area contributed by atoms with Crippen LogP contribution in [0.3, 0.4) is 0 Å². The Bertz CT molecular complexity index is 353. The molecule has 1 aromatic carbocycles. The van der Waals surface area contributed by atoms with E-state index in [4.69, 9.17) is 4.74 Å². The molecule has 0 fully saturated rings. The molecule has 102 valence electrons. The van der Waals surface area contributed by atoms with Crippen molar-refractivity contribution in [2.75, 3.05) is 26.3 Å². The Morgan fingerprint density at radius 1 is 1.39 bits per heavy atom. The van der Waals surface area contributed by atoms with Crippen molar-refractivity contribution in [1.29, 1.82) is 0 Å². The number of alkyl halides is 2. The highest BCUT2D eigenvalue weighted by Gasteiger charge is 2.07. The molecule has 2 N–H and O–H groups in total. The van der Waals surface area contributed by atoms with Crippen molar-refractivity contribution in [2.24, 2.45) is 0 Å². The second kappa shape index (κ2) is 8.53. The van der Waals surface area contributed by atoms with E-state index in [1.165, 1.54) is 0 Å². The van der Waals surface area contributed by atoms with E-state index in [0.717, 1.165) is 10.0 Å². The maximum Gasteiger partial charge on any atom is 0.261 e. The first-order valence-corrected chi connectivity index (χ1v) is 6.39. The predicted molar refractivity (Wildman–Crippen MR) is 68.8 cm³/mol. The lowest BCUT2D eigenvalue weighted by Gasteiger charge is -2.12. The van der Waals surface area contributed by atoms with Crippen LogP contribution in [0.15, 0.2) is 28.7 Å². The summed E-state index contributed by atoms with van der Waals surface area (Å²) in [5.74, 6) is 0. The summed E-state index contributed by atoms with van der Waals surface area (Å²) in [6, 6.07) is 7.38. The van der Waals surface area contributed by atoms with Gasteiger partial charge >= 0.3 is 0 Å². The molecule has 0 saturated heterocycles. The van der Waals surface area contributed by atoms with Crippen molar-refractivity contribution in [3.63, 3.8) is 0 Å². The summed E-state index contributed by atoms with van der Waals surface area (Å²) in [5, 5.41) is 12.8. The number of rotatable bonds is 8. The largest absolute Gasteiger partial charge is 0.387 e. The molecule has 0 spiro atoms. The fraction of sp³-hybridized carbons (Fsp3) is 0.500. The van der Waals surface area contributed by atoms with Gasteiger partial charge in [0.15, 0.2) is 0 Å². The Kier molecular flexibility index (Phi) is 7.34. The molecule has 1 atom stereocenters. The molecule has 0 aliphatic carbocycles. The van der Waals surface area contributed by atoms with Crippen LogP contribution in [-0.4, -0.2) is 37.8 Å². The number of aliphatic hydroxyl groups excluding tert-OH is 1. The van der Waals surface area contributed by atoms with Crippen LogP contribution in [0.5, 0.6) is 0 Å².